The molecule has 6 heteroatoms. The predicted molar refractivity (Wildman–Crippen MR) is 79.1 cm³/mol. The smallest absolute Gasteiger partial charge is 0.243 e. The number of likely N-dealkylation sites (N-methyl/N-ethyl adjacent to an activating group) is 1. The second-order valence-corrected chi connectivity index (χ2v) is 7.93. The number of hydrogen-bond donors (Lipinski definition) is 0. The van der Waals surface area contributed by atoms with Crippen LogP contribution in [0.15, 0.2) is 29.2 Å². The van der Waals surface area contributed by atoms with E-state index in [1.165, 1.54) is 12.1 Å². The van der Waals surface area contributed by atoms with Crippen molar-refractivity contribution in [3.63, 3.8) is 0 Å². The van der Waals surface area contributed by atoms with Crippen LogP contribution in [-0.2, 0) is 10.0 Å². The molecule has 0 aliphatic carbocycles. The molecular formula is C15H19N3O2S. The molecule has 0 radical (unpaired) electrons. The summed E-state index contributed by atoms with van der Waals surface area (Å²) in [6.07, 6.45) is 2.18. The van der Waals surface area contributed by atoms with E-state index in [4.69, 9.17) is 5.26 Å². The molecule has 4 rings (SSSR count). The minimum absolute atomic E-state index is 0.283. The number of fused-ring (bicyclic) bond motifs is 4. The summed E-state index contributed by atoms with van der Waals surface area (Å²) in [5.41, 5.74) is 0.476. The summed E-state index contributed by atoms with van der Waals surface area (Å²) in [4.78, 5) is 2.56. The molecule has 21 heavy (non-hydrogen) atoms. The highest BCUT2D eigenvalue weighted by molar-refractivity contribution is 7.89. The fraction of sp³-hybridized carbons (Fsp3) is 0.533. The topological polar surface area (TPSA) is 64.4 Å². The molecule has 3 aliphatic rings. The molecule has 0 aromatic heterocycles. The van der Waals surface area contributed by atoms with Gasteiger partial charge in [-0.1, -0.05) is 0 Å². The van der Waals surface area contributed by atoms with Gasteiger partial charge in [-0.15, -0.1) is 0 Å². The van der Waals surface area contributed by atoms with E-state index in [9.17, 15) is 8.42 Å². The molecule has 0 saturated carbocycles. The van der Waals surface area contributed by atoms with Gasteiger partial charge in [0.15, 0.2) is 0 Å². The Morgan fingerprint density at radius 3 is 2.48 bits per heavy atom. The molecule has 2 bridgehead atoms. The lowest BCUT2D eigenvalue weighted by Gasteiger charge is -2.32. The third-order valence-corrected chi connectivity index (χ3v) is 6.42. The van der Waals surface area contributed by atoms with Crippen LogP contribution >= 0.6 is 0 Å². The first-order chi connectivity index (χ1) is 10.0. The standard InChI is InChI=1S/C15H19N3O2S/c1-17-9-13-2-5-14(17)11-18(10-13)21(19,20)15-6-3-12(8-16)4-7-15/h3-4,6-7,13-14H,2,5,9-11H2,1H3/t13-,14-/m1/s1. The van der Waals surface area contributed by atoms with Crippen molar-refractivity contribution in [2.45, 2.75) is 23.8 Å². The van der Waals surface area contributed by atoms with Crippen molar-refractivity contribution in [3.8, 4) is 6.07 Å². The van der Waals surface area contributed by atoms with E-state index in [-0.39, 0.29) is 4.90 Å². The first-order valence-electron chi connectivity index (χ1n) is 7.21. The highest BCUT2D eigenvalue weighted by atomic mass is 32.2. The Balaban J connectivity index is 1.89. The zero-order valence-electron chi connectivity index (χ0n) is 12.1. The van der Waals surface area contributed by atoms with Crippen LogP contribution in [0.2, 0.25) is 0 Å². The molecule has 1 aromatic carbocycles. The molecule has 2 atom stereocenters. The maximum absolute atomic E-state index is 12.8. The van der Waals surface area contributed by atoms with Crippen LogP contribution in [-0.4, -0.2) is 50.3 Å². The van der Waals surface area contributed by atoms with E-state index >= 15 is 0 Å². The number of nitriles is 1. The van der Waals surface area contributed by atoms with Crippen LogP contribution in [0.1, 0.15) is 18.4 Å². The van der Waals surface area contributed by atoms with Crippen LogP contribution in [0.25, 0.3) is 0 Å². The van der Waals surface area contributed by atoms with Gasteiger partial charge in [0, 0.05) is 25.7 Å². The maximum atomic E-state index is 12.8. The van der Waals surface area contributed by atoms with Gasteiger partial charge in [-0.3, -0.25) is 0 Å². The molecular weight excluding hydrogens is 286 g/mol. The molecule has 0 amide bonds. The Morgan fingerprint density at radius 2 is 1.86 bits per heavy atom. The Kier molecular flexibility index (Phi) is 3.74. The molecule has 112 valence electrons. The van der Waals surface area contributed by atoms with Gasteiger partial charge in [-0.2, -0.15) is 9.57 Å². The summed E-state index contributed by atoms with van der Waals surface area (Å²) in [5.74, 6) is 0.418. The Morgan fingerprint density at radius 1 is 1.14 bits per heavy atom. The SMILES string of the molecule is CN1C[C@H]2CC[C@@H]1CN(S(=O)(=O)c1ccc(C#N)cc1)C2. The Hall–Kier alpha value is -1.42. The zero-order valence-corrected chi connectivity index (χ0v) is 12.9. The predicted octanol–water partition coefficient (Wildman–Crippen LogP) is 1.27. The van der Waals surface area contributed by atoms with Crippen molar-refractivity contribution in [2.24, 2.45) is 5.92 Å². The van der Waals surface area contributed by atoms with E-state index in [1.807, 2.05) is 6.07 Å². The van der Waals surface area contributed by atoms with Gasteiger partial charge in [0.1, 0.15) is 0 Å². The lowest BCUT2D eigenvalue weighted by atomic mass is 9.96. The largest absolute Gasteiger partial charge is 0.302 e. The maximum Gasteiger partial charge on any atom is 0.243 e. The average molecular weight is 305 g/mol. The number of rotatable bonds is 2. The van der Waals surface area contributed by atoms with Crippen molar-refractivity contribution in [1.82, 2.24) is 9.21 Å². The van der Waals surface area contributed by atoms with Gasteiger partial charge in [-0.05, 0) is 50.1 Å². The first-order valence-corrected chi connectivity index (χ1v) is 8.65. The van der Waals surface area contributed by atoms with Gasteiger partial charge >= 0.3 is 0 Å². The van der Waals surface area contributed by atoms with Crippen molar-refractivity contribution in [2.75, 3.05) is 26.7 Å². The number of sulfonamides is 1. The van der Waals surface area contributed by atoms with Gasteiger partial charge in [0.2, 0.25) is 10.0 Å². The van der Waals surface area contributed by atoms with Crippen LogP contribution in [0, 0.1) is 17.2 Å². The lowest BCUT2D eigenvalue weighted by molar-refractivity contribution is 0.168. The van der Waals surface area contributed by atoms with E-state index in [1.54, 1.807) is 16.4 Å². The molecule has 3 aliphatic heterocycles. The van der Waals surface area contributed by atoms with E-state index < -0.39 is 10.0 Å². The summed E-state index contributed by atoms with van der Waals surface area (Å²) in [5, 5.41) is 8.81. The van der Waals surface area contributed by atoms with E-state index in [0.717, 1.165) is 19.4 Å². The van der Waals surface area contributed by atoms with Crippen LogP contribution in [0.3, 0.4) is 0 Å². The third kappa shape index (κ3) is 2.69. The molecule has 0 N–H and O–H groups in total. The average Bonchev–Trinajstić information content (AvgIpc) is 2.79. The molecule has 1 aromatic rings. The van der Waals surface area contributed by atoms with Gasteiger partial charge in [0.05, 0.1) is 16.5 Å². The first kappa shape index (κ1) is 14.5. The minimum atomic E-state index is -3.46. The van der Waals surface area contributed by atoms with Gasteiger partial charge < -0.3 is 4.90 Å². The summed E-state index contributed by atoms with van der Waals surface area (Å²) in [6.45, 7) is 2.14. The van der Waals surface area contributed by atoms with Crippen molar-refractivity contribution >= 4 is 10.0 Å². The van der Waals surface area contributed by atoms with Crippen molar-refractivity contribution in [3.05, 3.63) is 29.8 Å². The normalized spacial score (nSPS) is 27.2. The monoisotopic (exact) mass is 305 g/mol. The summed E-state index contributed by atoms with van der Waals surface area (Å²) in [6, 6.07) is 8.51. The quantitative estimate of drug-likeness (QED) is 0.825. The molecule has 3 saturated heterocycles. The van der Waals surface area contributed by atoms with Gasteiger partial charge in [-0.25, -0.2) is 8.42 Å². The second kappa shape index (κ2) is 5.41. The zero-order chi connectivity index (χ0) is 15.0. The Labute approximate surface area is 125 Å². The van der Waals surface area contributed by atoms with Crippen LogP contribution in [0.4, 0.5) is 0 Å². The summed E-state index contributed by atoms with van der Waals surface area (Å²) < 4.78 is 27.2. The second-order valence-electron chi connectivity index (χ2n) is 5.99. The number of nitrogens with zero attached hydrogens (tertiary/aromatic N) is 3. The number of hydrogen-bond acceptors (Lipinski definition) is 4. The minimum Gasteiger partial charge on any atom is -0.302 e. The van der Waals surface area contributed by atoms with Crippen molar-refractivity contribution < 1.29 is 8.42 Å². The molecule has 3 heterocycles. The highest BCUT2D eigenvalue weighted by Crippen LogP contribution is 2.30. The number of benzene rings is 1. The highest BCUT2D eigenvalue weighted by Gasteiger charge is 2.37. The summed E-state index contributed by atoms with van der Waals surface area (Å²) >= 11 is 0. The Bertz CT molecular complexity index is 663. The van der Waals surface area contributed by atoms with Crippen LogP contribution in [0.5, 0.6) is 0 Å². The third-order valence-electron chi connectivity index (χ3n) is 4.58. The van der Waals surface area contributed by atoms with E-state index in [2.05, 4.69) is 11.9 Å². The molecule has 0 spiro atoms. The molecule has 3 fully saturated rings. The molecule has 0 unspecified atom stereocenters. The van der Waals surface area contributed by atoms with Gasteiger partial charge in [0.25, 0.3) is 0 Å². The molecule has 5 nitrogen and oxygen atoms in total. The van der Waals surface area contributed by atoms with Crippen molar-refractivity contribution in [1.29, 1.82) is 5.26 Å². The number of piperidine rings is 1. The van der Waals surface area contributed by atoms with E-state index in [0.29, 0.717) is 30.6 Å². The fourth-order valence-electron chi connectivity index (χ4n) is 3.32. The van der Waals surface area contributed by atoms with Crippen LogP contribution < -0.4 is 0 Å². The lowest BCUT2D eigenvalue weighted by Crippen LogP contribution is -2.41. The fourth-order valence-corrected chi connectivity index (χ4v) is 4.87. The summed E-state index contributed by atoms with van der Waals surface area (Å²) in [7, 11) is -1.38.